The Bertz CT molecular complexity index is 916. The van der Waals surface area contributed by atoms with E-state index in [2.05, 4.69) is 0 Å². The molecule has 11 heteroatoms. The summed E-state index contributed by atoms with van der Waals surface area (Å²) in [6.45, 7) is 0.0106. The molecule has 0 saturated heterocycles. The number of rotatable bonds is 7. The van der Waals surface area contributed by atoms with Gasteiger partial charge in [0.1, 0.15) is 28.9 Å². The van der Waals surface area contributed by atoms with E-state index in [1.165, 1.54) is 7.11 Å². The minimum atomic E-state index is -4.75. The molecule has 0 aliphatic heterocycles. The first kappa shape index (κ1) is 20.9. The van der Waals surface area contributed by atoms with E-state index in [4.69, 9.17) is 9.47 Å². The molecule has 0 bridgehead atoms. The summed E-state index contributed by atoms with van der Waals surface area (Å²) >= 11 is 0. The van der Waals surface area contributed by atoms with Crippen molar-refractivity contribution in [3.05, 3.63) is 53.6 Å². The van der Waals surface area contributed by atoms with E-state index in [-0.39, 0.29) is 19.0 Å². The number of benzene rings is 2. The third-order valence-electron chi connectivity index (χ3n) is 3.28. The molecule has 1 N–H and O–H groups in total. The third-order valence-corrected chi connectivity index (χ3v) is 4.66. The fourth-order valence-electron chi connectivity index (χ4n) is 2.03. The molecular formula is C16H14F5NO4S. The first-order valence-corrected chi connectivity index (χ1v) is 8.84. The molecule has 0 unspecified atom stereocenters. The Balaban J connectivity index is 2.46. The van der Waals surface area contributed by atoms with E-state index in [0.29, 0.717) is 30.3 Å². The molecule has 0 fully saturated rings. The van der Waals surface area contributed by atoms with Crippen molar-refractivity contribution in [1.29, 1.82) is 0 Å². The van der Waals surface area contributed by atoms with E-state index >= 15 is 0 Å². The zero-order chi connectivity index (χ0) is 20.2. The van der Waals surface area contributed by atoms with Crippen molar-refractivity contribution < 1.29 is 39.8 Å². The number of ether oxygens (including phenoxy) is 2. The Kier molecular flexibility index (Phi) is 6.26. The molecule has 0 aliphatic rings. The number of methoxy groups -OCH3 is 1. The number of halogens is 5. The standard InChI is InChI=1S/C16H14F5NO4S/c1-25-6-7-26-14-5-2-10(16(19,20)21)8-13(14)22-27(23,24)15-9-11(17)3-4-12(15)18/h2-5,8-9,22H,6-7H2,1H3. The van der Waals surface area contributed by atoms with E-state index in [9.17, 15) is 30.4 Å². The topological polar surface area (TPSA) is 64.6 Å². The van der Waals surface area contributed by atoms with Gasteiger partial charge in [-0.3, -0.25) is 4.72 Å². The number of nitrogens with one attached hydrogen (secondary N) is 1. The molecule has 0 aromatic heterocycles. The van der Waals surface area contributed by atoms with Crippen LogP contribution in [0.1, 0.15) is 5.56 Å². The Morgan fingerprint density at radius 2 is 1.74 bits per heavy atom. The van der Waals surface area contributed by atoms with Gasteiger partial charge in [-0.1, -0.05) is 0 Å². The Hall–Kier alpha value is -2.40. The fraction of sp³-hybridized carbons (Fsp3) is 0.250. The highest BCUT2D eigenvalue weighted by Gasteiger charge is 2.32. The molecule has 0 heterocycles. The molecule has 27 heavy (non-hydrogen) atoms. The fourth-order valence-corrected chi connectivity index (χ4v) is 3.18. The lowest BCUT2D eigenvalue weighted by molar-refractivity contribution is -0.137. The molecule has 2 rings (SSSR count). The number of hydrogen-bond donors (Lipinski definition) is 1. The zero-order valence-corrected chi connectivity index (χ0v) is 14.6. The quantitative estimate of drug-likeness (QED) is 0.556. The summed E-state index contributed by atoms with van der Waals surface area (Å²) in [7, 11) is -3.36. The molecule has 0 amide bonds. The molecule has 0 aliphatic carbocycles. The second-order valence-corrected chi connectivity index (χ2v) is 6.88. The summed E-state index contributed by atoms with van der Waals surface area (Å²) < 4.78 is 102. The molecule has 0 atom stereocenters. The number of anilines is 1. The maximum atomic E-state index is 13.8. The molecule has 0 spiro atoms. The van der Waals surface area contributed by atoms with Gasteiger partial charge in [0.25, 0.3) is 10.0 Å². The van der Waals surface area contributed by atoms with Gasteiger partial charge < -0.3 is 9.47 Å². The summed E-state index contributed by atoms with van der Waals surface area (Å²) in [5.41, 5.74) is -1.73. The number of hydrogen-bond acceptors (Lipinski definition) is 4. The summed E-state index contributed by atoms with van der Waals surface area (Å²) in [6, 6.07) is 3.82. The van der Waals surface area contributed by atoms with Crippen molar-refractivity contribution in [2.75, 3.05) is 25.0 Å². The summed E-state index contributed by atoms with van der Waals surface area (Å²) in [5, 5.41) is 0. The van der Waals surface area contributed by atoms with Gasteiger partial charge in [-0.05, 0) is 36.4 Å². The lowest BCUT2D eigenvalue weighted by Crippen LogP contribution is -2.17. The third kappa shape index (κ3) is 5.30. The summed E-state index contributed by atoms with van der Waals surface area (Å²) in [5.74, 6) is -2.53. The van der Waals surface area contributed by atoms with Gasteiger partial charge in [-0.2, -0.15) is 13.2 Å². The molecule has 148 valence electrons. The van der Waals surface area contributed by atoms with Gasteiger partial charge in [-0.25, -0.2) is 17.2 Å². The molecule has 0 radical (unpaired) electrons. The highest BCUT2D eigenvalue weighted by Crippen LogP contribution is 2.36. The maximum Gasteiger partial charge on any atom is 0.416 e. The van der Waals surface area contributed by atoms with Crippen LogP contribution in [0.4, 0.5) is 27.6 Å². The van der Waals surface area contributed by atoms with Crippen LogP contribution >= 0.6 is 0 Å². The van der Waals surface area contributed by atoms with Gasteiger partial charge in [0, 0.05) is 7.11 Å². The SMILES string of the molecule is COCCOc1ccc(C(F)(F)F)cc1NS(=O)(=O)c1cc(F)ccc1F. The van der Waals surface area contributed by atoms with Crippen LogP contribution < -0.4 is 9.46 Å². The zero-order valence-electron chi connectivity index (χ0n) is 13.8. The Morgan fingerprint density at radius 3 is 2.37 bits per heavy atom. The number of sulfonamides is 1. The second-order valence-electron chi connectivity index (χ2n) is 5.23. The smallest absolute Gasteiger partial charge is 0.416 e. The van der Waals surface area contributed by atoms with Crippen molar-refractivity contribution in [1.82, 2.24) is 0 Å². The predicted octanol–water partition coefficient (Wildman–Crippen LogP) is 3.81. The van der Waals surface area contributed by atoms with E-state index in [0.717, 1.165) is 6.07 Å². The van der Waals surface area contributed by atoms with Gasteiger partial charge in [0.05, 0.1) is 17.9 Å². The van der Waals surface area contributed by atoms with E-state index < -0.39 is 44.0 Å². The van der Waals surface area contributed by atoms with Crippen LogP contribution in [-0.2, 0) is 20.9 Å². The highest BCUT2D eigenvalue weighted by atomic mass is 32.2. The van der Waals surface area contributed by atoms with Crippen molar-refractivity contribution >= 4 is 15.7 Å². The lowest BCUT2D eigenvalue weighted by Gasteiger charge is -2.16. The second kappa shape index (κ2) is 8.09. The van der Waals surface area contributed by atoms with Crippen molar-refractivity contribution in [3.63, 3.8) is 0 Å². The molecule has 2 aromatic carbocycles. The minimum absolute atomic E-state index is 0.0785. The van der Waals surface area contributed by atoms with Crippen LogP contribution in [0.2, 0.25) is 0 Å². The predicted molar refractivity (Wildman–Crippen MR) is 86.0 cm³/mol. The van der Waals surface area contributed by atoms with Crippen molar-refractivity contribution in [2.24, 2.45) is 0 Å². The molecular weight excluding hydrogens is 397 g/mol. The van der Waals surface area contributed by atoms with Crippen LogP contribution in [0.25, 0.3) is 0 Å². The first-order valence-electron chi connectivity index (χ1n) is 7.35. The largest absolute Gasteiger partial charge is 0.489 e. The average Bonchev–Trinajstić information content (AvgIpc) is 2.57. The van der Waals surface area contributed by atoms with Crippen LogP contribution in [0.5, 0.6) is 5.75 Å². The van der Waals surface area contributed by atoms with Gasteiger partial charge in [-0.15, -0.1) is 0 Å². The van der Waals surface area contributed by atoms with E-state index in [1.54, 1.807) is 0 Å². The van der Waals surface area contributed by atoms with Gasteiger partial charge in [0.15, 0.2) is 0 Å². The van der Waals surface area contributed by atoms with Crippen LogP contribution in [0.15, 0.2) is 41.3 Å². The Labute approximate surface area is 151 Å². The monoisotopic (exact) mass is 411 g/mol. The van der Waals surface area contributed by atoms with Crippen LogP contribution in [0, 0.1) is 11.6 Å². The molecule has 0 saturated carbocycles. The summed E-state index contributed by atoms with van der Waals surface area (Å²) in [6.07, 6.45) is -4.75. The highest BCUT2D eigenvalue weighted by molar-refractivity contribution is 7.92. The van der Waals surface area contributed by atoms with Gasteiger partial charge >= 0.3 is 6.18 Å². The maximum absolute atomic E-state index is 13.8. The van der Waals surface area contributed by atoms with Crippen molar-refractivity contribution in [2.45, 2.75) is 11.1 Å². The number of alkyl halides is 3. The van der Waals surface area contributed by atoms with Gasteiger partial charge in [0.2, 0.25) is 0 Å². The molecule has 5 nitrogen and oxygen atoms in total. The normalized spacial score (nSPS) is 12.1. The van der Waals surface area contributed by atoms with Crippen LogP contribution in [-0.4, -0.2) is 28.7 Å². The van der Waals surface area contributed by atoms with E-state index in [1.807, 2.05) is 4.72 Å². The lowest BCUT2D eigenvalue weighted by atomic mass is 10.2. The van der Waals surface area contributed by atoms with Crippen molar-refractivity contribution in [3.8, 4) is 5.75 Å². The Morgan fingerprint density at radius 1 is 1.04 bits per heavy atom. The summed E-state index contributed by atoms with van der Waals surface area (Å²) in [4.78, 5) is -1.05. The first-order chi connectivity index (χ1) is 12.5. The average molecular weight is 411 g/mol. The minimum Gasteiger partial charge on any atom is -0.489 e. The van der Waals surface area contributed by atoms with Crippen LogP contribution in [0.3, 0.4) is 0 Å². The molecule has 2 aromatic rings.